The third-order valence-electron chi connectivity index (χ3n) is 10.1. The van der Waals surface area contributed by atoms with E-state index < -0.39 is 0 Å². The average Bonchev–Trinajstić information content (AvgIpc) is 3.21. The maximum atomic E-state index is 11.3. The van der Waals surface area contributed by atoms with Crippen LogP contribution < -0.4 is 0 Å². The van der Waals surface area contributed by atoms with Crippen LogP contribution in [0.5, 0.6) is 0 Å². The van der Waals surface area contributed by atoms with E-state index in [0.29, 0.717) is 5.92 Å². The Morgan fingerprint density at radius 3 is 2.67 bits per heavy atom. The fourth-order valence-electron chi connectivity index (χ4n) is 8.20. The molecule has 2 N–H and O–H groups in total. The second kappa shape index (κ2) is 6.73. The van der Waals surface area contributed by atoms with Crippen molar-refractivity contribution in [3.8, 4) is 0 Å². The van der Waals surface area contributed by atoms with E-state index in [1.807, 2.05) is 0 Å². The maximum absolute atomic E-state index is 11.3. The SMILES string of the molecule is CC(C)=CCCC1(C)C(O)CCC2(C)C1CCC1Cc3c([nH]c4ccccc34)C12C. The van der Waals surface area contributed by atoms with Crippen LogP contribution in [-0.4, -0.2) is 16.2 Å². The average molecular weight is 406 g/mol. The molecule has 3 aliphatic carbocycles. The first kappa shape index (κ1) is 20.4. The van der Waals surface area contributed by atoms with Crippen LogP contribution in [0.25, 0.3) is 10.9 Å². The van der Waals surface area contributed by atoms with Gasteiger partial charge in [-0.2, -0.15) is 0 Å². The van der Waals surface area contributed by atoms with Crippen molar-refractivity contribution in [3.05, 3.63) is 47.2 Å². The second-order valence-electron chi connectivity index (χ2n) is 11.6. The summed E-state index contributed by atoms with van der Waals surface area (Å²) >= 11 is 0. The minimum absolute atomic E-state index is 0.00169. The predicted molar refractivity (Wildman–Crippen MR) is 126 cm³/mol. The molecule has 30 heavy (non-hydrogen) atoms. The molecule has 0 saturated heterocycles. The quantitative estimate of drug-likeness (QED) is 0.534. The highest BCUT2D eigenvalue weighted by Gasteiger charge is 2.66. The van der Waals surface area contributed by atoms with Gasteiger partial charge in [0.05, 0.1) is 6.10 Å². The van der Waals surface area contributed by atoms with E-state index in [1.54, 1.807) is 5.56 Å². The fourth-order valence-corrected chi connectivity index (χ4v) is 8.20. The Balaban J connectivity index is 1.59. The van der Waals surface area contributed by atoms with Crippen molar-refractivity contribution in [2.24, 2.45) is 22.7 Å². The highest BCUT2D eigenvalue weighted by atomic mass is 16.3. The number of aromatic nitrogens is 1. The van der Waals surface area contributed by atoms with Crippen molar-refractivity contribution in [1.29, 1.82) is 0 Å². The molecule has 6 atom stereocenters. The number of aliphatic hydroxyl groups excluding tert-OH is 1. The zero-order chi connectivity index (χ0) is 21.3. The number of hydrogen-bond donors (Lipinski definition) is 2. The Morgan fingerprint density at radius 1 is 1.13 bits per heavy atom. The van der Waals surface area contributed by atoms with Gasteiger partial charge >= 0.3 is 0 Å². The molecule has 6 unspecified atom stereocenters. The summed E-state index contributed by atoms with van der Waals surface area (Å²) < 4.78 is 0. The van der Waals surface area contributed by atoms with E-state index in [4.69, 9.17) is 0 Å². The topological polar surface area (TPSA) is 36.0 Å². The van der Waals surface area contributed by atoms with Gasteiger partial charge < -0.3 is 10.1 Å². The van der Waals surface area contributed by atoms with Crippen molar-refractivity contribution < 1.29 is 5.11 Å². The van der Waals surface area contributed by atoms with E-state index in [2.05, 4.69) is 69.9 Å². The van der Waals surface area contributed by atoms with E-state index in [1.165, 1.54) is 41.4 Å². The lowest BCUT2D eigenvalue weighted by molar-refractivity contribution is -0.166. The lowest BCUT2D eigenvalue weighted by Gasteiger charge is -2.65. The molecule has 0 radical (unpaired) electrons. The van der Waals surface area contributed by atoms with Crippen LogP contribution in [0.2, 0.25) is 0 Å². The first-order valence-electron chi connectivity index (χ1n) is 12.1. The molecule has 3 aliphatic rings. The largest absolute Gasteiger partial charge is 0.393 e. The fraction of sp³-hybridized carbons (Fsp3) is 0.643. The minimum Gasteiger partial charge on any atom is -0.393 e. The summed E-state index contributed by atoms with van der Waals surface area (Å²) in [5.74, 6) is 1.29. The molecule has 0 aliphatic heterocycles. The molecule has 0 amide bonds. The lowest BCUT2D eigenvalue weighted by atomic mass is 9.40. The van der Waals surface area contributed by atoms with Gasteiger partial charge in [-0.15, -0.1) is 0 Å². The highest BCUT2D eigenvalue weighted by molar-refractivity contribution is 5.86. The van der Waals surface area contributed by atoms with E-state index in [-0.39, 0.29) is 22.3 Å². The summed E-state index contributed by atoms with van der Waals surface area (Å²) in [4.78, 5) is 3.90. The van der Waals surface area contributed by atoms with Crippen molar-refractivity contribution in [2.45, 2.75) is 91.1 Å². The molecule has 162 valence electrons. The maximum Gasteiger partial charge on any atom is 0.0597 e. The third kappa shape index (κ3) is 2.52. The van der Waals surface area contributed by atoms with Gasteiger partial charge in [-0.25, -0.2) is 0 Å². The van der Waals surface area contributed by atoms with Crippen molar-refractivity contribution >= 4 is 10.9 Å². The molecular formula is C28H39NO. The molecule has 2 aromatic rings. The van der Waals surface area contributed by atoms with Gasteiger partial charge in [0.15, 0.2) is 0 Å². The Morgan fingerprint density at radius 2 is 1.90 bits per heavy atom. The number of nitrogens with one attached hydrogen (secondary N) is 1. The second-order valence-corrected chi connectivity index (χ2v) is 11.6. The Hall–Kier alpha value is -1.54. The van der Waals surface area contributed by atoms with Crippen molar-refractivity contribution in [2.75, 3.05) is 0 Å². The zero-order valence-electron chi connectivity index (χ0n) is 19.5. The summed E-state index contributed by atoms with van der Waals surface area (Å²) in [6.07, 6.45) is 10.2. The molecule has 1 aromatic heterocycles. The predicted octanol–water partition coefficient (Wildman–Crippen LogP) is 6.92. The zero-order valence-corrected chi connectivity index (χ0v) is 19.5. The number of rotatable bonds is 3. The van der Waals surface area contributed by atoms with Gasteiger partial charge in [0, 0.05) is 22.0 Å². The standard InChI is InChI=1S/C28H39NO/c1-18(2)9-8-15-26(3)23-13-12-19-17-21-20-10-6-7-11-22(20)29-25(21)28(19,5)27(23,4)16-14-24(26)30/h6-7,9-11,19,23-24,29-30H,8,12-17H2,1-5H3. The molecule has 2 fully saturated rings. The van der Waals surface area contributed by atoms with Crippen LogP contribution in [0, 0.1) is 22.7 Å². The summed E-state index contributed by atoms with van der Waals surface area (Å²) in [6, 6.07) is 8.88. The monoisotopic (exact) mass is 405 g/mol. The summed E-state index contributed by atoms with van der Waals surface area (Å²) in [6.45, 7) is 11.9. The van der Waals surface area contributed by atoms with Crippen molar-refractivity contribution in [1.82, 2.24) is 4.98 Å². The van der Waals surface area contributed by atoms with Gasteiger partial charge in [0.1, 0.15) is 0 Å². The van der Waals surface area contributed by atoms with Gasteiger partial charge in [0.2, 0.25) is 0 Å². The number of H-pyrrole nitrogens is 1. The van der Waals surface area contributed by atoms with Crippen molar-refractivity contribution in [3.63, 3.8) is 0 Å². The molecule has 0 spiro atoms. The minimum atomic E-state index is -0.176. The summed E-state index contributed by atoms with van der Waals surface area (Å²) in [5, 5.41) is 12.7. The molecule has 0 bridgehead atoms. The normalized spacial score (nSPS) is 40.0. The number of fused-ring (bicyclic) bond motifs is 7. The number of hydrogen-bond acceptors (Lipinski definition) is 1. The number of aromatic amines is 1. The molecular weight excluding hydrogens is 366 g/mol. The number of benzene rings is 1. The number of aliphatic hydroxyl groups is 1. The van der Waals surface area contributed by atoms with Crippen LogP contribution in [-0.2, 0) is 11.8 Å². The molecule has 2 nitrogen and oxygen atoms in total. The molecule has 5 rings (SSSR count). The van der Waals surface area contributed by atoms with Gasteiger partial charge in [-0.3, -0.25) is 0 Å². The Labute approximate surface area is 182 Å². The van der Waals surface area contributed by atoms with Gasteiger partial charge in [0.25, 0.3) is 0 Å². The third-order valence-corrected chi connectivity index (χ3v) is 10.1. The molecule has 2 heteroatoms. The molecule has 2 saturated carbocycles. The van der Waals surface area contributed by atoms with E-state index in [0.717, 1.165) is 31.6 Å². The summed E-state index contributed by atoms with van der Waals surface area (Å²) in [5.41, 5.74) is 6.18. The van der Waals surface area contributed by atoms with E-state index in [9.17, 15) is 5.11 Å². The molecule has 1 heterocycles. The smallest absolute Gasteiger partial charge is 0.0597 e. The lowest BCUT2D eigenvalue weighted by Crippen LogP contribution is -2.62. The van der Waals surface area contributed by atoms with Crippen LogP contribution in [0.3, 0.4) is 0 Å². The Kier molecular flexibility index (Phi) is 4.57. The van der Waals surface area contributed by atoms with Gasteiger partial charge in [-0.05, 0) is 93.1 Å². The first-order valence-corrected chi connectivity index (χ1v) is 12.1. The van der Waals surface area contributed by atoms with Crippen LogP contribution in [0.4, 0.5) is 0 Å². The Bertz CT molecular complexity index is 997. The highest BCUT2D eigenvalue weighted by Crippen LogP contribution is 2.70. The van der Waals surface area contributed by atoms with Crippen LogP contribution >= 0.6 is 0 Å². The number of para-hydroxylation sites is 1. The van der Waals surface area contributed by atoms with E-state index >= 15 is 0 Å². The molecule has 1 aromatic carbocycles. The summed E-state index contributed by atoms with van der Waals surface area (Å²) in [7, 11) is 0. The first-order chi connectivity index (χ1) is 14.2. The van der Waals surface area contributed by atoms with Crippen LogP contribution in [0.15, 0.2) is 35.9 Å². The van der Waals surface area contributed by atoms with Crippen LogP contribution in [0.1, 0.15) is 84.4 Å². The number of allylic oxidation sites excluding steroid dienone is 2. The van der Waals surface area contributed by atoms with Gasteiger partial charge in [-0.1, -0.05) is 50.6 Å².